The number of rotatable bonds is 0. The molecular weight excluding hydrogens is 276 g/mol. The van der Waals surface area contributed by atoms with Gasteiger partial charge in [0.2, 0.25) is 3.79 Å². The molecule has 0 aromatic carbocycles. The molecule has 11 heavy (non-hydrogen) atoms. The van der Waals surface area contributed by atoms with Crippen molar-refractivity contribution in [1.29, 1.82) is 0 Å². The standard InChI is InChI=1S/C4H3BrCl3N3/c1-11-3(5)2(9-10-11)4(6,7)8/h1H3. The predicted octanol–water partition coefficient (Wildman–Crippen LogP) is 2.40. The number of alkyl halides is 3. The van der Waals surface area contributed by atoms with E-state index >= 15 is 0 Å². The fourth-order valence-corrected chi connectivity index (χ4v) is 1.69. The third kappa shape index (κ3) is 1.99. The lowest BCUT2D eigenvalue weighted by Gasteiger charge is -2.05. The molecule has 62 valence electrons. The Morgan fingerprint density at radius 3 is 2.18 bits per heavy atom. The van der Waals surface area contributed by atoms with Gasteiger partial charge in [0.1, 0.15) is 10.3 Å². The molecule has 0 N–H and O–H groups in total. The number of aromatic nitrogens is 3. The van der Waals surface area contributed by atoms with Crippen molar-refractivity contribution < 1.29 is 0 Å². The average molecular weight is 279 g/mol. The van der Waals surface area contributed by atoms with Crippen LogP contribution in [0, 0.1) is 0 Å². The Hall–Kier alpha value is 0.490. The van der Waals surface area contributed by atoms with Gasteiger partial charge in [0, 0.05) is 7.05 Å². The fourth-order valence-electron chi connectivity index (χ4n) is 0.519. The van der Waals surface area contributed by atoms with Gasteiger partial charge < -0.3 is 0 Å². The summed E-state index contributed by atoms with van der Waals surface area (Å²) in [7, 11) is 1.69. The maximum Gasteiger partial charge on any atom is 0.237 e. The molecule has 3 nitrogen and oxygen atoms in total. The van der Waals surface area contributed by atoms with Crippen LogP contribution < -0.4 is 0 Å². The lowest BCUT2D eigenvalue weighted by Crippen LogP contribution is -2.01. The molecule has 7 heteroatoms. The molecule has 0 spiro atoms. The van der Waals surface area contributed by atoms with Gasteiger partial charge in [0.25, 0.3) is 0 Å². The summed E-state index contributed by atoms with van der Waals surface area (Å²) in [4.78, 5) is 0. The molecule has 1 aromatic rings. The molecule has 0 aliphatic carbocycles. The van der Waals surface area contributed by atoms with E-state index in [1.807, 2.05) is 0 Å². The van der Waals surface area contributed by atoms with E-state index in [2.05, 4.69) is 26.2 Å². The first kappa shape index (κ1) is 9.58. The van der Waals surface area contributed by atoms with Crippen LogP contribution in [0.25, 0.3) is 0 Å². The molecule has 0 atom stereocenters. The molecule has 0 aliphatic heterocycles. The first-order chi connectivity index (χ1) is 4.93. The molecule has 0 saturated carbocycles. The van der Waals surface area contributed by atoms with Crippen molar-refractivity contribution in [1.82, 2.24) is 15.0 Å². The van der Waals surface area contributed by atoms with Gasteiger partial charge in [0.15, 0.2) is 0 Å². The van der Waals surface area contributed by atoms with Gasteiger partial charge in [-0.2, -0.15) is 0 Å². The Balaban J connectivity index is 3.15. The minimum Gasteiger partial charge on any atom is -0.241 e. The molecule has 1 rings (SSSR count). The highest BCUT2D eigenvalue weighted by atomic mass is 79.9. The van der Waals surface area contributed by atoms with Crippen molar-refractivity contribution in [3.05, 3.63) is 10.3 Å². The normalized spacial score (nSPS) is 12.1. The Labute approximate surface area is 86.7 Å². The fraction of sp³-hybridized carbons (Fsp3) is 0.500. The van der Waals surface area contributed by atoms with Gasteiger partial charge in [-0.25, -0.2) is 4.68 Å². The van der Waals surface area contributed by atoms with E-state index in [0.717, 1.165) is 0 Å². The van der Waals surface area contributed by atoms with Crippen LogP contribution in [0.1, 0.15) is 5.69 Å². The second kappa shape index (κ2) is 3.09. The zero-order valence-electron chi connectivity index (χ0n) is 5.35. The minimum absolute atomic E-state index is 0.296. The third-order valence-corrected chi connectivity index (χ3v) is 2.45. The Morgan fingerprint density at radius 1 is 1.45 bits per heavy atom. The summed E-state index contributed by atoms with van der Waals surface area (Å²) in [6.07, 6.45) is 0. The maximum absolute atomic E-state index is 5.56. The summed E-state index contributed by atoms with van der Waals surface area (Å²) in [5, 5.41) is 7.31. The SMILES string of the molecule is Cn1nnc(C(Cl)(Cl)Cl)c1Br. The average Bonchev–Trinajstić information content (AvgIpc) is 2.11. The van der Waals surface area contributed by atoms with Crippen LogP contribution in [0.4, 0.5) is 0 Å². The molecule has 0 aliphatic rings. The van der Waals surface area contributed by atoms with Crippen molar-refractivity contribution in [3.8, 4) is 0 Å². The summed E-state index contributed by atoms with van der Waals surface area (Å²) in [5.41, 5.74) is 0.296. The van der Waals surface area contributed by atoms with E-state index in [1.54, 1.807) is 7.05 Å². The molecule has 0 saturated heterocycles. The molecule has 0 amide bonds. The third-order valence-electron chi connectivity index (χ3n) is 1.03. The Morgan fingerprint density at radius 2 is 2.00 bits per heavy atom. The van der Waals surface area contributed by atoms with Gasteiger partial charge in [-0.15, -0.1) is 5.10 Å². The number of nitrogens with zero attached hydrogens (tertiary/aromatic N) is 3. The highest BCUT2D eigenvalue weighted by molar-refractivity contribution is 9.10. The number of aryl methyl sites for hydroxylation is 1. The first-order valence-corrected chi connectivity index (χ1v) is 4.48. The lowest BCUT2D eigenvalue weighted by molar-refractivity contribution is 0.702. The lowest BCUT2D eigenvalue weighted by atomic mass is 10.5. The van der Waals surface area contributed by atoms with Gasteiger partial charge in [-0.3, -0.25) is 0 Å². The van der Waals surface area contributed by atoms with Crippen molar-refractivity contribution in [3.63, 3.8) is 0 Å². The van der Waals surface area contributed by atoms with Gasteiger partial charge >= 0.3 is 0 Å². The maximum atomic E-state index is 5.56. The Bertz CT molecular complexity index is 266. The molecule has 1 aromatic heterocycles. The molecule has 0 bridgehead atoms. The van der Waals surface area contributed by atoms with E-state index in [4.69, 9.17) is 34.8 Å². The van der Waals surface area contributed by atoms with Crippen molar-refractivity contribution in [2.45, 2.75) is 3.79 Å². The zero-order chi connectivity index (χ0) is 8.65. The zero-order valence-corrected chi connectivity index (χ0v) is 9.21. The van der Waals surface area contributed by atoms with E-state index < -0.39 is 3.79 Å². The summed E-state index contributed by atoms with van der Waals surface area (Å²) >= 11 is 19.9. The van der Waals surface area contributed by atoms with Crippen LogP contribution in [0.5, 0.6) is 0 Å². The largest absolute Gasteiger partial charge is 0.241 e. The quantitative estimate of drug-likeness (QED) is 0.683. The number of hydrogen-bond acceptors (Lipinski definition) is 2. The Kier molecular flexibility index (Phi) is 2.69. The molecule has 0 radical (unpaired) electrons. The van der Waals surface area contributed by atoms with Crippen LogP contribution in [0.3, 0.4) is 0 Å². The van der Waals surface area contributed by atoms with Crippen molar-refractivity contribution in [2.24, 2.45) is 7.05 Å². The predicted molar refractivity (Wildman–Crippen MR) is 47.9 cm³/mol. The molecule has 1 heterocycles. The van der Waals surface area contributed by atoms with Gasteiger partial charge in [-0.1, -0.05) is 40.0 Å². The monoisotopic (exact) mass is 277 g/mol. The smallest absolute Gasteiger partial charge is 0.237 e. The van der Waals surface area contributed by atoms with E-state index in [1.165, 1.54) is 4.68 Å². The van der Waals surface area contributed by atoms with Gasteiger partial charge in [-0.05, 0) is 15.9 Å². The minimum atomic E-state index is -1.52. The van der Waals surface area contributed by atoms with Crippen LogP contribution in [0.15, 0.2) is 4.60 Å². The highest BCUT2D eigenvalue weighted by Gasteiger charge is 2.30. The summed E-state index contributed by atoms with van der Waals surface area (Å²) in [6.45, 7) is 0. The van der Waals surface area contributed by atoms with Crippen molar-refractivity contribution in [2.75, 3.05) is 0 Å². The second-order valence-corrected chi connectivity index (χ2v) is 4.88. The van der Waals surface area contributed by atoms with Gasteiger partial charge in [0.05, 0.1) is 0 Å². The molecular formula is C4H3BrCl3N3. The summed E-state index contributed by atoms with van der Waals surface area (Å²) in [5.74, 6) is 0. The summed E-state index contributed by atoms with van der Waals surface area (Å²) in [6, 6.07) is 0. The highest BCUT2D eigenvalue weighted by Crippen LogP contribution is 2.39. The molecule has 0 fully saturated rings. The first-order valence-electron chi connectivity index (χ1n) is 2.55. The molecule has 0 unspecified atom stereocenters. The van der Waals surface area contributed by atoms with Crippen molar-refractivity contribution >= 4 is 50.7 Å². The van der Waals surface area contributed by atoms with Crippen LogP contribution in [-0.2, 0) is 10.8 Å². The van der Waals surface area contributed by atoms with E-state index in [-0.39, 0.29) is 0 Å². The topological polar surface area (TPSA) is 30.7 Å². The van der Waals surface area contributed by atoms with Crippen LogP contribution >= 0.6 is 50.7 Å². The van der Waals surface area contributed by atoms with E-state index in [0.29, 0.717) is 10.3 Å². The number of hydrogen-bond donors (Lipinski definition) is 0. The second-order valence-electron chi connectivity index (χ2n) is 1.85. The van der Waals surface area contributed by atoms with Crippen LogP contribution in [-0.4, -0.2) is 15.0 Å². The van der Waals surface area contributed by atoms with E-state index in [9.17, 15) is 0 Å². The number of halogens is 4. The summed E-state index contributed by atoms with van der Waals surface area (Å²) < 4.78 is 0.516. The van der Waals surface area contributed by atoms with Crippen LogP contribution in [0.2, 0.25) is 0 Å².